The van der Waals surface area contributed by atoms with Gasteiger partial charge in [-0.15, -0.1) is 13.2 Å². The molecule has 0 heterocycles. The summed E-state index contributed by atoms with van der Waals surface area (Å²) in [6, 6.07) is 3.57. The van der Waals surface area contributed by atoms with Gasteiger partial charge in [0, 0.05) is 11.5 Å². The smallest absolute Gasteiger partial charge is 0.406 e. The van der Waals surface area contributed by atoms with E-state index in [0.717, 1.165) is 12.1 Å². The van der Waals surface area contributed by atoms with E-state index in [2.05, 4.69) is 14.8 Å². The molecule has 18 heavy (non-hydrogen) atoms. The average Bonchev–Trinajstić information content (AvgIpc) is 2.24. The molecule has 1 rings (SSSR count). The summed E-state index contributed by atoms with van der Waals surface area (Å²) in [6.07, 6.45) is -1.68. The van der Waals surface area contributed by atoms with Gasteiger partial charge in [0.25, 0.3) is 0 Å². The van der Waals surface area contributed by atoms with Crippen molar-refractivity contribution in [3.05, 3.63) is 45.3 Å². The number of benzene rings is 1. The predicted molar refractivity (Wildman–Crippen MR) is 61.2 cm³/mol. The van der Waals surface area contributed by atoms with E-state index in [4.69, 9.17) is 17.1 Å². The van der Waals surface area contributed by atoms with Crippen LogP contribution in [0, 0.1) is 0 Å². The van der Waals surface area contributed by atoms with E-state index in [1.807, 2.05) is 0 Å². The van der Waals surface area contributed by atoms with Gasteiger partial charge in [0.1, 0.15) is 5.75 Å². The summed E-state index contributed by atoms with van der Waals surface area (Å²) < 4.78 is 39.5. The first kappa shape index (κ1) is 14.2. The summed E-state index contributed by atoms with van der Waals surface area (Å²) in [5, 5.41) is 3.37. The standard InChI is InChI=1S/C10H7ClF3N3O/c11-9-6-8(18-10(12,13)14)4-3-7(9)2-1-5-16-17-15/h1-4,6H,5H2. The molecule has 0 aliphatic rings. The average molecular weight is 278 g/mol. The molecular formula is C10H7ClF3N3O. The molecule has 96 valence electrons. The van der Waals surface area contributed by atoms with Crippen molar-refractivity contribution in [1.82, 2.24) is 0 Å². The van der Waals surface area contributed by atoms with E-state index in [0.29, 0.717) is 5.56 Å². The predicted octanol–water partition coefficient (Wildman–Crippen LogP) is 4.56. The van der Waals surface area contributed by atoms with Crippen LogP contribution in [-0.2, 0) is 0 Å². The second-order valence-electron chi connectivity index (χ2n) is 3.05. The van der Waals surface area contributed by atoms with E-state index >= 15 is 0 Å². The Labute approximate surface area is 105 Å². The molecule has 4 nitrogen and oxygen atoms in total. The second-order valence-corrected chi connectivity index (χ2v) is 3.45. The number of ether oxygens (including phenoxy) is 1. The summed E-state index contributed by atoms with van der Waals surface area (Å²) in [4.78, 5) is 2.54. The fraction of sp³-hybridized carbons (Fsp3) is 0.200. The van der Waals surface area contributed by atoms with Gasteiger partial charge < -0.3 is 4.74 Å². The Bertz CT molecular complexity index is 496. The van der Waals surface area contributed by atoms with E-state index in [9.17, 15) is 13.2 Å². The number of nitrogens with zero attached hydrogens (tertiary/aromatic N) is 3. The van der Waals surface area contributed by atoms with E-state index in [1.165, 1.54) is 18.2 Å². The fourth-order valence-corrected chi connectivity index (χ4v) is 1.34. The zero-order chi connectivity index (χ0) is 13.6. The molecule has 0 amide bonds. The molecule has 0 N–H and O–H groups in total. The lowest BCUT2D eigenvalue weighted by Crippen LogP contribution is -2.17. The van der Waals surface area contributed by atoms with Gasteiger partial charge in [-0.1, -0.05) is 28.9 Å². The highest BCUT2D eigenvalue weighted by Crippen LogP contribution is 2.28. The van der Waals surface area contributed by atoms with E-state index in [-0.39, 0.29) is 17.3 Å². The van der Waals surface area contributed by atoms with Gasteiger partial charge in [-0.3, -0.25) is 0 Å². The quantitative estimate of drug-likeness (QED) is 0.452. The van der Waals surface area contributed by atoms with Crippen molar-refractivity contribution in [3.63, 3.8) is 0 Å². The number of halogens is 4. The highest BCUT2D eigenvalue weighted by molar-refractivity contribution is 6.32. The molecule has 0 fully saturated rings. The number of hydrogen-bond acceptors (Lipinski definition) is 2. The third kappa shape index (κ3) is 4.99. The maximum absolute atomic E-state index is 11.9. The van der Waals surface area contributed by atoms with Gasteiger partial charge in [-0.25, -0.2) is 0 Å². The van der Waals surface area contributed by atoms with Gasteiger partial charge in [-0.2, -0.15) is 0 Å². The Morgan fingerprint density at radius 3 is 2.72 bits per heavy atom. The van der Waals surface area contributed by atoms with Crippen molar-refractivity contribution < 1.29 is 17.9 Å². The zero-order valence-corrected chi connectivity index (χ0v) is 9.61. The lowest BCUT2D eigenvalue weighted by Gasteiger charge is -2.09. The SMILES string of the molecule is [N-]=[N+]=NCC=Cc1ccc(OC(F)(F)F)cc1Cl. The lowest BCUT2D eigenvalue weighted by molar-refractivity contribution is -0.274. The second kappa shape index (κ2) is 6.18. The minimum atomic E-state index is -4.75. The number of alkyl halides is 3. The lowest BCUT2D eigenvalue weighted by atomic mass is 10.2. The zero-order valence-electron chi connectivity index (χ0n) is 8.86. The van der Waals surface area contributed by atoms with Crippen molar-refractivity contribution in [2.45, 2.75) is 6.36 Å². The van der Waals surface area contributed by atoms with E-state index in [1.54, 1.807) is 0 Å². The van der Waals surface area contributed by atoms with Crippen LogP contribution in [0.15, 0.2) is 29.4 Å². The number of hydrogen-bond donors (Lipinski definition) is 0. The monoisotopic (exact) mass is 277 g/mol. The van der Waals surface area contributed by atoms with Gasteiger partial charge in [0.15, 0.2) is 0 Å². The largest absolute Gasteiger partial charge is 0.573 e. The maximum Gasteiger partial charge on any atom is 0.573 e. The van der Waals surface area contributed by atoms with Crippen molar-refractivity contribution in [2.24, 2.45) is 5.11 Å². The summed E-state index contributed by atoms with van der Waals surface area (Å²) in [5.74, 6) is -0.389. The van der Waals surface area contributed by atoms with Crippen LogP contribution in [0.1, 0.15) is 5.56 Å². The topological polar surface area (TPSA) is 58.0 Å². The van der Waals surface area contributed by atoms with Crippen LogP contribution in [0.25, 0.3) is 16.5 Å². The summed E-state index contributed by atoms with van der Waals surface area (Å²) in [6.45, 7) is 0.133. The van der Waals surface area contributed by atoms with Gasteiger partial charge in [-0.05, 0) is 29.3 Å². The van der Waals surface area contributed by atoms with Crippen LogP contribution in [0.2, 0.25) is 5.02 Å². The van der Waals surface area contributed by atoms with Crippen molar-refractivity contribution in [2.75, 3.05) is 6.54 Å². The van der Waals surface area contributed by atoms with Gasteiger partial charge in [0.05, 0.1) is 5.02 Å². The van der Waals surface area contributed by atoms with Crippen molar-refractivity contribution >= 4 is 17.7 Å². The summed E-state index contributed by atoms with van der Waals surface area (Å²) >= 11 is 5.77. The molecule has 1 aromatic rings. The third-order valence-corrected chi connectivity index (χ3v) is 2.08. The molecule has 0 aromatic heterocycles. The molecule has 1 aromatic carbocycles. The Hall–Kier alpha value is -1.85. The van der Waals surface area contributed by atoms with Crippen molar-refractivity contribution in [1.29, 1.82) is 0 Å². The molecule has 0 saturated carbocycles. The molecule has 0 spiro atoms. The molecule has 0 aliphatic heterocycles. The van der Waals surface area contributed by atoms with Gasteiger partial charge >= 0.3 is 6.36 Å². The number of azide groups is 1. The maximum atomic E-state index is 11.9. The molecule has 0 bridgehead atoms. The van der Waals surface area contributed by atoms with Gasteiger partial charge in [0.2, 0.25) is 0 Å². The molecular weight excluding hydrogens is 271 g/mol. The Morgan fingerprint density at radius 1 is 1.44 bits per heavy atom. The minimum Gasteiger partial charge on any atom is -0.406 e. The Balaban J connectivity index is 2.79. The fourth-order valence-electron chi connectivity index (χ4n) is 1.10. The number of rotatable bonds is 4. The molecule has 0 radical (unpaired) electrons. The first-order valence-corrected chi connectivity index (χ1v) is 5.03. The molecule has 0 unspecified atom stereocenters. The van der Waals surface area contributed by atoms with Crippen LogP contribution < -0.4 is 4.74 Å². The Morgan fingerprint density at radius 2 is 2.17 bits per heavy atom. The van der Waals surface area contributed by atoms with Crippen LogP contribution in [-0.4, -0.2) is 12.9 Å². The normalized spacial score (nSPS) is 11.3. The highest BCUT2D eigenvalue weighted by atomic mass is 35.5. The molecule has 0 saturated heterocycles. The third-order valence-electron chi connectivity index (χ3n) is 1.75. The molecule has 8 heteroatoms. The highest BCUT2D eigenvalue weighted by Gasteiger charge is 2.31. The van der Waals surface area contributed by atoms with E-state index < -0.39 is 6.36 Å². The van der Waals surface area contributed by atoms with Crippen LogP contribution in [0.3, 0.4) is 0 Å². The van der Waals surface area contributed by atoms with Crippen molar-refractivity contribution in [3.8, 4) is 5.75 Å². The Kier molecular flexibility index (Phi) is 4.88. The molecule has 0 atom stereocenters. The first-order chi connectivity index (χ1) is 8.42. The summed E-state index contributed by atoms with van der Waals surface area (Å²) in [7, 11) is 0. The van der Waals surface area contributed by atoms with Crippen LogP contribution >= 0.6 is 11.6 Å². The van der Waals surface area contributed by atoms with Crippen LogP contribution in [0.4, 0.5) is 13.2 Å². The summed E-state index contributed by atoms with van der Waals surface area (Å²) in [5.41, 5.74) is 8.54. The minimum absolute atomic E-state index is 0.105. The molecule has 0 aliphatic carbocycles. The first-order valence-electron chi connectivity index (χ1n) is 4.65. The van der Waals surface area contributed by atoms with Crippen LogP contribution in [0.5, 0.6) is 5.75 Å².